The number of fused-ring (bicyclic) bond motifs is 2. The fourth-order valence-electron chi connectivity index (χ4n) is 3.63. The summed E-state index contributed by atoms with van der Waals surface area (Å²) in [6.45, 7) is 4.85. The number of nitrogens with zero attached hydrogens (tertiary/aromatic N) is 1. The van der Waals surface area contributed by atoms with Crippen molar-refractivity contribution < 1.29 is 19.4 Å². The topological polar surface area (TPSA) is 59.0 Å². The van der Waals surface area contributed by atoms with E-state index in [9.17, 15) is 9.90 Å². The van der Waals surface area contributed by atoms with Gasteiger partial charge in [0.05, 0.1) is 5.69 Å². The second-order valence-corrected chi connectivity index (χ2v) is 7.01. The van der Waals surface area contributed by atoms with Gasteiger partial charge in [-0.3, -0.25) is 4.79 Å². The highest BCUT2D eigenvalue weighted by Gasteiger charge is 2.50. The van der Waals surface area contributed by atoms with Crippen molar-refractivity contribution in [2.24, 2.45) is 5.92 Å². The smallest absolute Gasteiger partial charge is 0.264 e. The molecule has 0 saturated heterocycles. The Kier molecular flexibility index (Phi) is 3.69. The van der Waals surface area contributed by atoms with Crippen molar-refractivity contribution in [1.82, 2.24) is 0 Å². The van der Waals surface area contributed by atoms with E-state index < -0.39 is 5.60 Å². The zero-order valence-electron chi connectivity index (χ0n) is 14.4. The predicted octanol–water partition coefficient (Wildman–Crippen LogP) is 2.85. The average molecular weight is 339 g/mol. The lowest BCUT2D eigenvalue weighted by Gasteiger charge is -2.24. The van der Waals surface area contributed by atoms with Gasteiger partial charge in [0, 0.05) is 24.1 Å². The molecule has 2 aliphatic rings. The van der Waals surface area contributed by atoms with Crippen molar-refractivity contribution in [3.05, 3.63) is 53.6 Å². The second kappa shape index (κ2) is 5.77. The third-order valence-corrected chi connectivity index (χ3v) is 4.71. The van der Waals surface area contributed by atoms with Crippen LogP contribution in [0.25, 0.3) is 0 Å². The minimum atomic E-state index is -1.59. The van der Waals surface area contributed by atoms with Crippen LogP contribution in [0.3, 0.4) is 0 Å². The van der Waals surface area contributed by atoms with E-state index in [4.69, 9.17) is 9.47 Å². The van der Waals surface area contributed by atoms with Crippen molar-refractivity contribution >= 4 is 11.6 Å². The molecule has 2 heterocycles. The summed E-state index contributed by atoms with van der Waals surface area (Å²) in [5.41, 5.74) is 0.615. The summed E-state index contributed by atoms with van der Waals surface area (Å²) in [6, 6.07) is 13.0. The fraction of sp³-hybridized carbons (Fsp3) is 0.350. The Labute approximate surface area is 146 Å². The molecule has 0 aromatic heterocycles. The van der Waals surface area contributed by atoms with Gasteiger partial charge >= 0.3 is 0 Å². The molecule has 1 unspecified atom stereocenters. The molecule has 1 amide bonds. The fourth-order valence-corrected chi connectivity index (χ4v) is 3.63. The number of carbonyl (C=O) groups is 1. The lowest BCUT2D eigenvalue weighted by molar-refractivity contribution is -0.136. The predicted molar refractivity (Wildman–Crippen MR) is 93.8 cm³/mol. The molecule has 2 aliphatic heterocycles. The Hall–Kier alpha value is -2.53. The maximum Gasteiger partial charge on any atom is 0.264 e. The van der Waals surface area contributed by atoms with Crippen molar-refractivity contribution in [3.63, 3.8) is 0 Å². The summed E-state index contributed by atoms with van der Waals surface area (Å²) in [5, 5.41) is 11.4. The highest BCUT2D eigenvalue weighted by atomic mass is 16.7. The van der Waals surface area contributed by atoms with Crippen molar-refractivity contribution in [3.8, 4) is 11.5 Å². The molecule has 5 nitrogen and oxygen atoms in total. The largest absolute Gasteiger partial charge is 0.454 e. The highest BCUT2D eigenvalue weighted by Crippen LogP contribution is 2.45. The summed E-state index contributed by atoms with van der Waals surface area (Å²) in [5.74, 6) is 1.29. The number of anilines is 1. The van der Waals surface area contributed by atoms with E-state index in [0.29, 0.717) is 29.5 Å². The molecule has 4 rings (SSSR count). The molecule has 0 saturated carbocycles. The van der Waals surface area contributed by atoms with E-state index in [1.165, 1.54) is 0 Å². The number of hydrogen-bond acceptors (Lipinski definition) is 4. The van der Waals surface area contributed by atoms with Crippen molar-refractivity contribution in [1.29, 1.82) is 0 Å². The summed E-state index contributed by atoms with van der Waals surface area (Å²) >= 11 is 0. The lowest BCUT2D eigenvalue weighted by Crippen LogP contribution is -2.43. The zero-order valence-corrected chi connectivity index (χ0v) is 14.4. The molecular formula is C20H21NO4. The third kappa shape index (κ3) is 2.46. The Balaban J connectivity index is 1.76. The average Bonchev–Trinajstić information content (AvgIpc) is 3.15. The highest BCUT2D eigenvalue weighted by molar-refractivity contribution is 6.07. The Bertz CT molecular complexity index is 832. The van der Waals surface area contributed by atoms with Crippen LogP contribution in [0.5, 0.6) is 11.5 Å². The van der Waals surface area contributed by atoms with Gasteiger partial charge < -0.3 is 19.5 Å². The van der Waals surface area contributed by atoms with E-state index in [-0.39, 0.29) is 19.1 Å². The van der Waals surface area contributed by atoms with Crippen LogP contribution in [0, 0.1) is 5.92 Å². The van der Waals surface area contributed by atoms with Gasteiger partial charge in [-0.25, -0.2) is 0 Å². The van der Waals surface area contributed by atoms with Crippen LogP contribution in [0.1, 0.15) is 25.0 Å². The number of aliphatic hydroxyl groups is 1. The molecule has 0 aliphatic carbocycles. The van der Waals surface area contributed by atoms with E-state index in [1.54, 1.807) is 4.90 Å². The van der Waals surface area contributed by atoms with Crippen LogP contribution in [0.4, 0.5) is 5.69 Å². The van der Waals surface area contributed by atoms with Crippen LogP contribution in [-0.4, -0.2) is 24.4 Å². The van der Waals surface area contributed by atoms with Crippen molar-refractivity contribution in [2.75, 3.05) is 18.2 Å². The van der Waals surface area contributed by atoms with E-state index in [1.807, 2.05) is 42.5 Å². The molecule has 5 heteroatoms. The van der Waals surface area contributed by atoms with Crippen LogP contribution in [-0.2, 0) is 16.8 Å². The van der Waals surface area contributed by atoms with E-state index >= 15 is 0 Å². The maximum absolute atomic E-state index is 13.1. The number of para-hydroxylation sites is 2. The Morgan fingerprint density at radius 1 is 1.16 bits per heavy atom. The number of hydrogen-bond donors (Lipinski definition) is 1. The minimum Gasteiger partial charge on any atom is -0.454 e. The van der Waals surface area contributed by atoms with Crippen LogP contribution < -0.4 is 14.4 Å². The molecule has 25 heavy (non-hydrogen) atoms. The molecule has 0 spiro atoms. The number of amides is 1. The first kappa shape index (κ1) is 16.0. The zero-order chi connectivity index (χ0) is 17.6. The maximum atomic E-state index is 13.1. The van der Waals surface area contributed by atoms with E-state index in [2.05, 4.69) is 13.8 Å². The van der Waals surface area contributed by atoms with Gasteiger partial charge in [-0.2, -0.15) is 0 Å². The minimum absolute atomic E-state index is 0.157. The van der Waals surface area contributed by atoms with Gasteiger partial charge in [-0.15, -0.1) is 0 Å². The van der Waals surface area contributed by atoms with Gasteiger partial charge in [0.25, 0.3) is 5.91 Å². The number of benzene rings is 2. The van der Waals surface area contributed by atoms with Gasteiger partial charge in [0.2, 0.25) is 6.79 Å². The summed E-state index contributed by atoms with van der Waals surface area (Å²) < 4.78 is 10.9. The molecule has 2 aromatic rings. The summed E-state index contributed by atoms with van der Waals surface area (Å²) in [4.78, 5) is 14.8. The molecule has 0 fully saturated rings. The normalized spacial score (nSPS) is 21.1. The van der Waals surface area contributed by atoms with E-state index in [0.717, 1.165) is 11.3 Å². The van der Waals surface area contributed by atoms with Crippen molar-refractivity contribution in [2.45, 2.75) is 25.9 Å². The first-order chi connectivity index (χ1) is 12.0. The standard InChI is InChI=1S/C20H21NO4/c1-13(2)11-21-16-8-4-3-7-15(16)20(23,19(21)22)10-14-6-5-9-17-18(14)25-12-24-17/h3-9,13,23H,10-12H2,1-2H3. The third-order valence-electron chi connectivity index (χ3n) is 4.71. The lowest BCUT2D eigenvalue weighted by atomic mass is 9.88. The number of ether oxygens (including phenoxy) is 2. The molecule has 1 N–H and O–H groups in total. The van der Waals surface area contributed by atoms with Gasteiger partial charge in [0.1, 0.15) is 0 Å². The Morgan fingerprint density at radius 3 is 2.76 bits per heavy atom. The molecule has 2 aromatic carbocycles. The first-order valence-corrected chi connectivity index (χ1v) is 8.52. The molecule has 1 atom stereocenters. The van der Waals surface area contributed by atoms with Crippen LogP contribution in [0.2, 0.25) is 0 Å². The molecule has 0 bridgehead atoms. The Morgan fingerprint density at radius 2 is 1.96 bits per heavy atom. The van der Waals surface area contributed by atoms with Crippen LogP contribution in [0.15, 0.2) is 42.5 Å². The number of rotatable bonds is 4. The SMILES string of the molecule is CC(C)CN1C(=O)C(O)(Cc2cccc3c2OCO3)c2ccccc21. The van der Waals surface area contributed by atoms with Gasteiger partial charge in [-0.1, -0.05) is 44.2 Å². The summed E-state index contributed by atoms with van der Waals surface area (Å²) in [6.07, 6.45) is 0.157. The molecule has 130 valence electrons. The second-order valence-electron chi connectivity index (χ2n) is 7.01. The first-order valence-electron chi connectivity index (χ1n) is 8.52. The quantitative estimate of drug-likeness (QED) is 0.930. The molecular weight excluding hydrogens is 318 g/mol. The van der Waals surface area contributed by atoms with Gasteiger partial charge in [0.15, 0.2) is 17.1 Å². The van der Waals surface area contributed by atoms with Crippen LogP contribution >= 0.6 is 0 Å². The summed E-state index contributed by atoms with van der Waals surface area (Å²) in [7, 11) is 0. The molecule has 0 radical (unpaired) electrons. The monoisotopic (exact) mass is 339 g/mol. The number of carbonyl (C=O) groups excluding carboxylic acids is 1. The van der Waals surface area contributed by atoms with Gasteiger partial charge in [-0.05, 0) is 18.1 Å².